The van der Waals surface area contributed by atoms with Gasteiger partial charge in [-0.2, -0.15) is 0 Å². The number of amides is 1. The molecule has 20 heavy (non-hydrogen) atoms. The molecule has 104 valence electrons. The number of carbonyl (C=O) groups is 1. The first-order valence-corrected chi connectivity index (χ1v) is 6.50. The lowest BCUT2D eigenvalue weighted by Crippen LogP contribution is -2.13. The summed E-state index contributed by atoms with van der Waals surface area (Å²) in [6.45, 7) is 0. The van der Waals surface area contributed by atoms with E-state index in [4.69, 9.17) is 10.5 Å². The summed E-state index contributed by atoms with van der Waals surface area (Å²) in [5.41, 5.74) is 6.77. The molecule has 0 bridgehead atoms. The van der Waals surface area contributed by atoms with Gasteiger partial charge in [-0.3, -0.25) is 4.79 Å². The predicted octanol–water partition coefficient (Wildman–Crippen LogP) is 3.43. The second-order valence-corrected chi connectivity index (χ2v) is 4.89. The number of nitrogens with one attached hydrogen (secondary N) is 1. The quantitative estimate of drug-likeness (QED) is 0.842. The molecule has 1 amide bonds. The van der Waals surface area contributed by atoms with Crippen molar-refractivity contribution >= 4 is 33.2 Å². The molecule has 0 unspecified atom stereocenters. The Labute approximate surface area is 123 Å². The third-order valence-electron chi connectivity index (χ3n) is 2.64. The van der Waals surface area contributed by atoms with Gasteiger partial charge in [-0.15, -0.1) is 0 Å². The van der Waals surface area contributed by atoms with Crippen molar-refractivity contribution in [1.82, 2.24) is 0 Å². The van der Waals surface area contributed by atoms with E-state index in [0.29, 0.717) is 21.6 Å². The van der Waals surface area contributed by atoms with Crippen LogP contribution in [0, 0.1) is 5.82 Å². The van der Waals surface area contributed by atoms with Gasteiger partial charge >= 0.3 is 0 Å². The van der Waals surface area contributed by atoms with E-state index >= 15 is 0 Å². The minimum absolute atomic E-state index is 0.189. The zero-order valence-corrected chi connectivity index (χ0v) is 12.2. The molecule has 0 heterocycles. The molecule has 0 fully saturated rings. The molecule has 0 radical (unpaired) electrons. The maximum Gasteiger partial charge on any atom is 0.257 e. The van der Waals surface area contributed by atoms with Crippen LogP contribution in [-0.4, -0.2) is 13.0 Å². The molecule has 0 saturated carbocycles. The molecule has 0 spiro atoms. The zero-order chi connectivity index (χ0) is 14.7. The Hall–Kier alpha value is -2.08. The normalized spacial score (nSPS) is 10.2. The number of ether oxygens (including phenoxy) is 1. The number of hydrogen-bond acceptors (Lipinski definition) is 3. The number of nitrogen functional groups attached to an aromatic ring is 1. The van der Waals surface area contributed by atoms with Crippen LogP contribution in [0.15, 0.2) is 40.9 Å². The fourth-order valence-electron chi connectivity index (χ4n) is 1.68. The average Bonchev–Trinajstić information content (AvgIpc) is 2.41. The summed E-state index contributed by atoms with van der Waals surface area (Å²) in [5, 5.41) is 2.65. The first-order chi connectivity index (χ1) is 9.51. The number of halogens is 2. The van der Waals surface area contributed by atoms with E-state index in [2.05, 4.69) is 21.2 Å². The highest BCUT2D eigenvalue weighted by atomic mass is 79.9. The van der Waals surface area contributed by atoms with Crippen molar-refractivity contribution in [3.8, 4) is 5.75 Å². The van der Waals surface area contributed by atoms with Gasteiger partial charge < -0.3 is 15.8 Å². The Kier molecular flexibility index (Phi) is 4.24. The lowest BCUT2D eigenvalue weighted by molar-refractivity contribution is 0.102. The van der Waals surface area contributed by atoms with Gasteiger partial charge in [0.2, 0.25) is 0 Å². The fourth-order valence-corrected chi connectivity index (χ4v) is 2.11. The summed E-state index contributed by atoms with van der Waals surface area (Å²) in [6.07, 6.45) is 0. The van der Waals surface area contributed by atoms with E-state index in [0.717, 1.165) is 6.07 Å². The topological polar surface area (TPSA) is 64.3 Å². The molecular weight excluding hydrogens is 327 g/mol. The van der Waals surface area contributed by atoms with Crippen LogP contribution in [-0.2, 0) is 0 Å². The highest BCUT2D eigenvalue weighted by Crippen LogP contribution is 2.28. The summed E-state index contributed by atoms with van der Waals surface area (Å²) in [5.74, 6) is -0.474. The van der Waals surface area contributed by atoms with Crippen LogP contribution in [0.4, 0.5) is 15.8 Å². The van der Waals surface area contributed by atoms with Crippen LogP contribution in [0.25, 0.3) is 0 Å². The van der Waals surface area contributed by atoms with Crippen LogP contribution in [0.5, 0.6) is 5.75 Å². The predicted molar refractivity (Wildman–Crippen MR) is 79.5 cm³/mol. The number of carbonyl (C=O) groups excluding carboxylic acids is 1. The Balaban J connectivity index is 2.32. The Morgan fingerprint density at radius 3 is 2.75 bits per heavy atom. The maximum atomic E-state index is 13.2. The number of anilines is 2. The van der Waals surface area contributed by atoms with Crippen molar-refractivity contribution in [2.75, 3.05) is 18.2 Å². The minimum atomic E-state index is -0.488. The molecule has 2 aromatic carbocycles. The first kappa shape index (κ1) is 14.3. The molecule has 0 saturated heterocycles. The third kappa shape index (κ3) is 3.08. The highest BCUT2D eigenvalue weighted by molar-refractivity contribution is 9.10. The average molecular weight is 339 g/mol. The largest absolute Gasteiger partial charge is 0.495 e. The number of nitrogens with two attached hydrogens (primary N) is 1. The van der Waals surface area contributed by atoms with E-state index in [9.17, 15) is 9.18 Å². The fraction of sp³-hybridized carbons (Fsp3) is 0.0714. The van der Waals surface area contributed by atoms with Crippen molar-refractivity contribution in [1.29, 1.82) is 0 Å². The minimum Gasteiger partial charge on any atom is -0.495 e. The van der Waals surface area contributed by atoms with E-state index in [1.54, 1.807) is 18.2 Å². The molecule has 4 nitrogen and oxygen atoms in total. The second-order valence-electron chi connectivity index (χ2n) is 4.04. The molecule has 2 rings (SSSR count). The number of benzene rings is 2. The molecule has 0 aliphatic heterocycles. The lowest BCUT2D eigenvalue weighted by Gasteiger charge is -2.11. The number of hydrogen-bond donors (Lipinski definition) is 2. The van der Waals surface area contributed by atoms with Crippen molar-refractivity contribution in [3.05, 3.63) is 52.3 Å². The summed E-state index contributed by atoms with van der Waals surface area (Å²) in [6, 6.07) is 8.77. The molecule has 0 aliphatic carbocycles. The smallest absolute Gasteiger partial charge is 0.257 e. The Morgan fingerprint density at radius 2 is 2.05 bits per heavy atom. The maximum absolute atomic E-state index is 13.2. The summed E-state index contributed by atoms with van der Waals surface area (Å²) in [7, 11) is 1.49. The first-order valence-electron chi connectivity index (χ1n) is 5.71. The van der Waals surface area contributed by atoms with E-state index in [1.165, 1.54) is 19.2 Å². The van der Waals surface area contributed by atoms with Gasteiger partial charge in [0.1, 0.15) is 11.6 Å². The van der Waals surface area contributed by atoms with E-state index < -0.39 is 11.7 Å². The van der Waals surface area contributed by atoms with Crippen molar-refractivity contribution in [3.63, 3.8) is 0 Å². The third-order valence-corrected chi connectivity index (χ3v) is 3.34. The molecule has 0 aromatic heterocycles. The van der Waals surface area contributed by atoms with Crippen molar-refractivity contribution in [2.24, 2.45) is 0 Å². The van der Waals surface area contributed by atoms with Gasteiger partial charge in [0.15, 0.2) is 0 Å². The SMILES string of the molecule is COc1ccc(N)cc1NC(=O)c1cc(F)ccc1Br. The molecule has 0 aliphatic rings. The van der Waals surface area contributed by atoms with Crippen LogP contribution in [0.2, 0.25) is 0 Å². The van der Waals surface area contributed by atoms with Crippen molar-refractivity contribution < 1.29 is 13.9 Å². The van der Waals surface area contributed by atoms with Crippen LogP contribution >= 0.6 is 15.9 Å². The molecule has 6 heteroatoms. The second kappa shape index (κ2) is 5.92. The number of methoxy groups -OCH3 is 1. The monoisotopic (exact) mass is 338 g/mol. The van der Waals surface area contributed by atoms with Gasteiger partial charge in [0, 0.05) is 10.2 Å². The Morgan fingerprint density at radius 1 is 1.30 bits per heavy atom. The highest BCUT2D eigenvalue weighted by Gasteiger charge is 2.14. The van der Waals surface area contributed by atoms with Gasteiger partial charge in [0.25, 0.3) is 5.91 Å². The van der Waals surface area contributed by atoms with Crippen molar-refractivity contribution in [2.45, 2.75) is 0 Å². The van der Waals surface area contributed by atoms with Gasteiger partial charge in [0.05, 0.1) is 18.4 Å². The lowest BCUT2D eigenvalue weighted by atomic mass is 10.2. The van der Waals surface area contributed by atoms with Crippen LogP contribution < -0.4 is 15.8 Å². The molecule has 2 aromatic rings. The van der Waals surface area contributed by atoms with Crippen LogP contribution in [0.3, 0.4) is 0 Å². The van der Waals surface area contributed by atoms with Gasteiger partial charge in [-0.05, 0) is 52.3 Å². The number of rotatable bonds is 3. The van der Waals surface area contributed by atoms with E-state index in [-0.39, 0.29) is 5.56 Å². The van der Waals surface area contributed by atoms with E-state index in [1.807, 2.05) is 0 Å². The molecule has 3 N–H and O–H groups in total. The summed E-state index contributed by atoms with van der Waals surface area (Å²) in [4.78, 5) is 12.2. The van der Waals surface area contributed by atoms with Gasteiger partial charge in [-0.1, -0.05) is 0 Å². The summed E-state index contributed by atoms with van der Waals surface area (Å²) >= 11 is 3.21. The molecular formula is C14H12BrFN2O2. The zero-order valence-electron chi connectivity index (χ0n) is 10.6. The Bertz CT molecular complexity index is 662. The van der Waals surface area contributed by atoms with Gasteiger partial charge in [-0.25, -0.2) is 4.39 Å². The molecule has 0 atom stereocenters. The summed E-state index contributed by atoms with van der Waals surface area (Å²) < 4.78 is 18.8. The standard InChI is InChI=1S/C14H12BrFN2O2/c1-20-13-5-3-9(17)7-12(13)18-14(19)10-6-8(16)2-4-11(10)15/h2-7H,17H2,1H3,(H,18,19). The van der Waals surface area contributed by atoms with Crippen LogP contribution in [0.1, 0.15) is 10.4 Å².